The topological polar surface area (TPSA) is 125 Å². The molecule has 0 aromatic heterocycles. The van der Waals surface area contributed by atoms with Crippen molar-refractivity contribution < 1.29 is 33.9 Å². The molecule has 2 aliphatic heterocycles. The molecule has 2 amide bonds. The van der Waals surface area contributed by atoms with Gasteiger partial charge in [-0.05, 0) is 18.1 Å². The van der Waals surface area contributed by atoms with E-state index in [1.54, 1.807) is 12.1 Å². The number of ether oxygens (including phenoxy) is 1. The van der Waals surface area contributed by atoms with Crippen LogP contribution in [0, 0.1) is 0 Å². The zero-order valence-corrected chi connectivity index (χ0v) is 12.6. The molecule has 24 heavy (non-hydrogen) atoms. The number of cyclic esters (lactones) is 1. The van der Waals surface area contributed by atoms with Crippen molar-refractivity contribution in [2.45, 2.75) is 12.4 Å². The largest absolute Gasteiger partial charge is 0.547 e. The van der Waals surface area contributed by atoms with Crippen molar-refractivity contribution in [1.82, 2.24) is 10.2 Å². The van der Waals surface area contributed by atoms with Crippen LogP contribution in [0.1, 0.15) is 15.9 Å². The fourth-order valence-electron chi connectivity index (χ4n) is 2.71. The van der Waals surface area contributed by atoms with Crippen LogP contribution < -0.4 is 9.97 Å². The van der Waals surface area contributed by atoms with Gasteiger partial charge in [0.15, 0.2) is 0 Å². The molecule has 1 saturated heterocycles. The van der Waals surface area contributed by atoms with Gasteiger partial charge in [0.05, 0.1) is 18.0 Å². The van der Waals surface area contributed by atoms with Crippen LogP contribution in [-0.4, -0.2) is 65.8 Å². The third-order valence-electron chi connectivity index (χ3n) is 3.88. The molecule has 10 heteroatoms. The van der Waals surface area contributed by atoms with Gasteiger partial charge in [-0.1, -0.05) is 12.1 Å². The summed E-state index contributed by atoms with van der Waals surface area (Å²) in [4.78, 5) is 35.8. The Labute approximate surface area is 137 Å². The Morgan fingerprint density at radius 2 is 2.21 bits per heavy atom. The van der Waals surface area contributed by atoms with E-state index in [0.29, 0.717) is 12.1 Å². The summed E-state index contributed by atoms with van der Waals surface area (Å²) in [5.74, 6) is -2.26. The predicted molar refractivity (Wildman–Crippen MR) is 80.6 cm³/mol. The highest BCUT2D eigenvalue weighted by molar-refractivity contribution is 6.47. The highest BCUT2D eigenvalue weighted by Crippen LogP contribution is 2.30. The summed E-state index contributed by atoms with van der Waals surface area (Å²) in [6.45, 7) is 0.400. The number of carbonyl (C=O) groups excluding carboxylic acids is 2. The number of benzene rings is 1. The Hall–Kier alpha value is -2.75. The van der Waals surface area contributed by atoms with Crippen LogP contribution in [0.25, 0.3) is 0 Å². The van der Waals surface area contributed by atoms with E-state index in [2.05, 4.69) is 5.32 Å². The Morgan fingerprint density at radius 3 is 2.88 bits per heavy atom. The lowest BCUT2D eigenvalue weighted by molar-refractivity contribution is -0.122. The lowest BCUT2D eigenvalue weighted by Gasteiger charge is -2.29. The molecule has 0 saturated carbocycles. The Balaban J connectivity index is 1.68. The first-order valence-electron chi connectivity index (χ1n) is 7.36. The molecule has 1 aromatic carbocycles. The number of fused-ring (bicyclic) bond motifs is 1. The van der Waals surface area contributed by atoms with Crippen molar-refractivity contribution in [1.29, 1.82) is 0 Å². The maximum atomic E-state index is 12.0. The molecule has 3 N–H and O–H groups in total. The van der Waals surface area contributed by atoms with Gasteiger partial charge in [-0.25, -0.2) is 9.59 Å². The lowest BCUT2D eigenvalue weighted by atomic mass is 9.72. The normalized spacial score (nSPS) is 19.4. The van der Waals surface area contributed by atoms with Crippen molar-refractivity contribution in [2.24, 2.45) is 0 Å². The maximum absolute atomic E-state index is 12.0. The van der Waals surface area contributed by atoms with Crippen LogP contribution in [0.2, 0.25) is 0 Å². The molecule has 1 fully saturated rings. The first kappa shape index (κ1) is 16.1. The minimum Gasteiger partial charge on any atom is -0.534 e. The first-order valence-corrected chi connectivity index (χ1v) is 7.36. The van der Waals surface area contributed by atoms with E-state index in [1.807, 2.05) is 0 Å². The molecular formula is C14H15BN2O7. The van der Waals surface area contributed by atoms with Gasteiger partial charge in [-0.15, -0.1) is 0 Å². The van der Waals surface area contributed by atoms with E-state index in [0.717, 1.165) is 0 Å². The number of carboxylic acid groups (broad SMARTS) is 1. The fourth-order valence-corrected chi connectivity index (χ4v) is 2.71. The summed E-state index contributed by atoms with van der Waals surface area (Å²) in [5, 5.41) is 21.8. The van der Waals surface area contributed by atoms with Crippen LogP contribution in [-0.2, 0) is 16.0 Å². The minimum absolute atomic E-state index is 0.0452. The van der Waals surface area contributed by atoms with E-state index in [9.17, 15) is 19.4 Å². The van der Waals surface area contributed by atoms with Gasteiger partial charge >= 0.3 is 19.2 Å². The number of nitrogens with zero attached hydrogens (tertiary/aromatic N) is 1. The smallest absolute Gasteiger partial charge is 0.534 e. The van der Waals surface area contributed by atoms with Crippen molar-refractivity contribution >= 4 is 25.1 Å². The van der Waals surface area contributed by atoms with Crippen molar-refractivity contribution in [2.75, 3.05) is 19.7 Å². The van der Waals surface area contributed by atoms with Crippen LogP contribution in [0.3, 0.4) is 0 Å². The molecule has 0 spiro atoms. The quantitative estimate of drug-likeness (QED) is 0.620. The summed E-state index contributed by atoms with van der Waals surface area (Å²) < 4.78 is 10.0. The summed E-state index contributed by atoms with van der Waals surface area (Å²) >= 11 is 0. The molecule has 1 aromatic rings. The number of para-hydroxylation sites is 1. The van der Waals surface area contributed by atoms with E-state index in [4.69, 9.17) is 14.5 Å². The molecule has 3 rings (SSSR count). The van der Waals surface area contributed by atoms with Gasteiger partial charge in [0.1, 0.15) is 18.9 Å². The molecule has 9 nitrogen and oxygen atoms in total. The van der Waals surface area contributed by atoms with E-state index >= 15 is 0 Å². The monoisotopic (exact) mass is 334 g/mol. The van der Waals surface area contributed by atoms with Crippen molar-refractivity contribution in [3.05, 3.63) is 29.3 Å². The number of carbonyl (C=O) groups is 3. The SMILES string of the molecule is O=C(CN1CCOC1=O)N[C@H]1Cc2cccc(C(=O)O)c2OB1O. The zero-order valence-electron chi connectivity index (χ0n) is 12.6. The van der Waals surface area contributed by atoms with Crippen LogP contribution in [0.5, 0.6) is 5.75 Å². The van der Waals surface area contributed by atoms with Crippen LogP contribution in [0.4, 0.5) is 4.79 Å². The number of amides is 2. The van der Waals surface area contributed by atoms with Gasteiger partial charge in [0.2, 0.25) is 5.91 Å². The molecule has 0 aliphatic carbocycles. The number of rotatable bonds is 4. The summed E-state index contributed by atoms with van der Waals surface area (Å²) in [7, 11) is -1.38. The third-order valence-corrected chi connectivity index (χ3v) is 3.88. The van der Waals surface area contributed by atoms with Crippen molar-refractivity contribution in [3.8, 4) is 5.75 Å². The Bertz CT molecular complexity index is 696. The molecule has 2 heterocycles. The lowest BCUT2D eigenvalue weighted by Crippen LogP contribution is -2.55. The second kappa shape index (κ2) is 6.40. The van der Waals surface area contributed by atoms with Gasteiger partial charge in [0, 0.05) is 0 Å². The Kier molecular flexibility index (Phi) is 4.30. The van der Waals surface area contributed by atoms with Gasteiger partial charge in [0.25, 0.3) is 0 Å². The van der Waals surface area contributed by atoms with Gasteiger partial charge in [-0.2, -0.15) is 0 Å². The number of hydrogen-bond acceptors (Lipinski definition) is 6. The van der Waals surface area contributed by atoms with E-state index < -0.39 is 31.0 Å². The van der Waals surface area contributed by atoms with E-state index in [-0.39, 0.29) is 30.9 Å². The number of hydrogen-bond donors (Lipinski definition) is 3. The Morgan fingerprint density at radius 1 is 1.42 bits per heavy atom. The molecule has 1 atom stereocenters. The predicted octanol–water partition coefficient (Wildman–Crippen LogP) is -0.724. The van der Waals surface area contributed by atoms with E-state index in [1.165, 1.54) is 11.0 Å². The summed E-state index contributed by atoms with van der Waals surface area (Å²) in [6.07, 6.45) is -0.338. The van der Waals surface area contributed by atoms with Crippen LogP contribution >= 0.6 is 0 Å². The van der Waals surface area contributed by atoms with Gasteiger partial charge < -0.3 is 24.8 Å². The van der Waals surface area contributed by atoms with Crippen LogP contribution in [0.15, 0.2) is 18.2 Å². The van der Waals surface area contributed by atoms with Gasteiger partial charge in [-0.3, -0.25) is 9.69 Å². The molecule has 2 aliphatic rings. The summed E-state index contributed by atoms with van der Waals surface area (Å²) in [5.41, 5.74) is 0.530. The first-order chi connectivity index (χ1) is 11.5. The van der Waals surface area contributed by atoms with Crippen molar-refractivity contribution in [3.63, 3.8) is 0 Å². The summed E-state index contributed by atoms with van der Waals surface area (Å²) in [6, 6.07) is 4.62. The second-order valence-corrected chi connectivity index (χ2v) is 5.52. The molecule has 0 unspecified atom stereocenters. The highest BCUT2D eigenvalue weighted by Gasteiger charge is 2.38. The number of aromatic carboxylic acids is 1. The molecule has 126 valence electrons. The maximum Gasteiger partial charge on any atom is 0.547 e. The fraction of sp³-hybridized carbons (Fsp3) is 0.357. The average molecular weight is 334 g/mol. The third kappa shape index (κ3) is 3.13. The second-order valence-electron chi connectivity index (χ2n) is 5.52. The number of carboxylic acids is 1. The number of nitrogens with one attached hydrogen (secondary N) is 1. The molecular weight excluding hydrogens is 319 g/mol. The highest BCUT2D eigenvalue weighted by atomic mass is 16.6. The molecule has 0 radical (unpaired) electrons. The molecule has 0 bridgehead atoms. The average Bonchev–Trinajstić information content (AvgIpc) is 2.92. The zero-order chi connectivity index (χ0) is 17.3. The minimum atomic E-state index is -1.38. The standard InChI is InChI=1S/C14H15BN2O7/c18-11(7-17-4-5-23-14(17)21)16-10-6-8-2-1-3-9(13(19)20)12(8)24-15(10)22/h1-3,10,22H,4-7H2,(H,16,18)(H,19,20)/t10-/m0/s1.